The SMILES string of the molecule is Cc1ccc(S(=O)(=O)N(Cc2ccc(Cl)cc2)c2ccccc2C(=O)N/N=C\c2ccc(OCC(=O)NC[C@H]3CCCO3)cc2)cc1. The second kappa shape index (κ2) is 15.7. The second-order valence-electron chi connectivity index (χ2n) is 11.0. The molecule has 10 nitrogen and oxygen atoms in total. The van der Waals surface area contributed by atoms with Gasteiger partial charge in [0.2, 0.25) is 0 Å². The number of carbonyl (C=O) groups excluding carboxylic acids is 2. The fourth-order valence-corrected chi connectivity index (χ4v) is 6.48. The van der Waals surface area contributed by atoms with Crippen LogP contribution in [0.4, 0.5) is 5.69 Å². The lowest BCUT2D eigenvalue weighted by Crippen LogP contribution is -2.35. The molecule has 0 aliphatic carbocycles. The second-order valence-corrected chi connectivity index (χ2v) is 13.3. The molecule has 1 fully saturated rings. The maximum atomic E-state index is 14.0. The number of halogens is 1. The van der Waals surface area contributed by atoms with Crippen LogP contribution in [0.3, 0.4) is 0 Å². The largest absolute Gasteiger partial charge is 0.484 e. The minimum Gasteiger partial charge on any atom is -0.484 e. The summed E-state index contributed by atoms with van der Waals surface area (Å²) in [5.74, 6) is -0.318. The van der Waals surface area contributed by atoms with Gasteiger partial charge in [0.05, 0.1) is 35.0 Å². The Morgan fingerprint density at radius 1 is 1.00 bits per heavy atom. The summed E-state index contributed by atoms with van der Waals surface area (Å²) in [6, 6.07) is 26.7. The number of para-hydroxylation sites is 1. The number of rotatable bonds is 13. The third kappa shape index (κ3) is 9.19. The fraction of sp³-hybridized carbons (Fsp3) is 0.229. The van der Waals surface area contributed by atoms with E-state index in [1.807, 2.05) is 6.92 Å². The number of anilines is 1. The van der Waals surface area contributed by atoms with Crippen molar-refractivity contribution >= 4 is 45.3 Å². The van der Waals surface area contributed by atoms with Gasteiger partial charge >= 0.3 is 0 Å². The van der Waals surface area contributed by atoms with Gasteiger partial charge in [-0.05, 0) is 91.6 Å². The van der Waals surface area contributed by atoms with Gasteiger partial charge in [-0.3, -0.25) is 13.9 Å². The average Bonchev–Trinajstić information content (AvgIpc) is 3.61. The number of hydrogen-bond acceptors (Lipinski definition) is 7. The Morgan fingerprint density at radius 3 is 2.43 bits per heavy atom. The van der Waals surface area contributed by atoms with E-state index in [1.165, 1.54) is 10.5 Å². The maximum Gasteiger partial charge on any atom is 0.273 e. The molecule has 47 heavy (non-hydrogen) atoms. The van der Waals surface area contributed by atoms with E-state index in [9.17, 15) is 18.0 Å². The molecule has 12 heteroatoms. The van der Waals surface area contributed by atoms with Crippen LogP contribution in [0.2, 0.25) is 5.02 Å². The van der Waals surface area contributed by atoms with E-state index in [4.69, 9.17) is 21.1 Å². The Hall–Kier alpha value is -4.71. The molecule has 0 spiro atoms. The van der Waals surface area contributed by atoms with Crippen LogP contribution in [0.15, 0.2) is 107 Å². The number of hydrogen-bond donors (Lipinski definition) is 2. The van der Waals surface area contributed by atoms with Crippen molar-refractivity contribution in [2.45, 2.75) is 37.3 Å². The molecule has 0 saturated carbocycles. The van der Waals surface area contributed by atoms with Gasteiger partial charge in [-0.2, -0.15) is 5.10 Å². The molecule has 0 radical (unpaired) electrons. The Morgan fingerprint density at radius 2 is 1.72 bits per heavy atom. The zero-order valence-corrected chi connectivity index (χ0v) is 27.3. The first-order valence-corrected chi connectivity index (χ1v) is 16.9. The summed E-state index contributed by atoms with van der Waals surface area (Å²) in [6.45, 7) is 2.92. The van der Waals surface area contributed by atoms with E-state index in [0.717, 1.165) is 25.0 Å². The lowest BCUT2D eigenvalue weighted by molar-refractivity contribution is -0.123. The molecule has 1 saturated heterocycles. The number of aryl methyl sites for hydroxylation is 1. The molecule has 1 aliphatic heterocycles. The van der Waals surface area contributed by atoms with Gasteiger partial charge in [-0.15, -0.1) is 0 Å². The fourth-order valence-electron chi connectivity index (χ4n) is 4.88. The maximum absolute atomic E-state index is 14.0. The number of nitrogens with zero attached hydrogens (tertiary/aromatic N) is 2. The van der Waals surface area contributed by atoms with Gasteiger partial charge in [0.15, 0.2) is 6.61 Å². The van der Waals surface area contributed by atoms with Crippen molar-refractivity contribution in [1.82, 2.24) is 10.7 Å². The third-order valence-electron chi connectivity index (χ3n) is 7.45. The van der Waals surface area contributed by atoms with Crippen molar-refractivity contribution in [2.75, 3.05) is 24.1 Å². The predicted molar refractivity (Wildman–Crippen MR) is 181 cm³/mol. The highest BCUT2D eigenvalue weighted by molar-refractivity contribution is 7.92. The van der Waals surface area contributed by atoms with Gasteiger partial charge in [0.1, 0.15) is 5.75 Å². The summed E-state index contributed by atoms with van der Waals surface area (Å²) in [6.07, 6.45) is 3.46. The van der Waals surface area contributed by atoms with Crippen LogP contribution in [0.25, 0.3) is 0 Å². The van der Waals surface area contributed by atoms with Crippen LogP contribution >= 0.6 is 11.6 Å². The van der Waals surface area contributed by atoms with Gasteiger partial charge in [-0.25, -0.2) is 13.8 Å². The monoisotopic (exact) mass is 674 g/mol. The van der Waals surface area contributed by atoms with E-state index in [2.05, 4.69) is 15.8 Å². The highest BCUT2D eigenvalue weighted by atomic mass is 35.5. The van der Waals surface area contributed by atoms with Crippen molar-refractivity contribution in [3.05, 3.63) is 124 Å². The quantitative estimate of drug-likeness (QED) is 0.143. The highest BCUT2D eigenvalue weighted by Crippen LogP contribution is 2.30. The van der Waals surface area contributed by atoms with Crippen LogP contribution in [0, 0.1) is 6.92 Å². The zero-order valence-electron chi connectivity index (χ0n) is 25.8. The van der Waals surface area contributed by atoms with E-state index in [-0.39, 0.29) is 41.3 Å². The van der Waals surface area contributed by atoms with Gasteiger partial charge in [-0.1, -0.05) is 53.6 Å². The number of nitrogens with one attached hydrogen (secondary N) is 2. The Balaban J connectivity index is 1.26. The lowest BCUT2D eigenvalue weighted by Gasteiger charge is -2.26. The van der Waals surface area contributed by atoms with Crippen LogP contribution < -0.4 is 19.8 Å². The first-order chi connectivity index (χ1) is 22.7. The summed E-state index contributed by atoms with van der Waals surface area (Å²) >= 11 is 6.07. The van der Waals surface area contributed by atoms with E-state index < -0.39 is 15.9 Å². The topological polar surface area (TPSA) is 126 Å². The Labute approximate surface area is 279 Å². The summed E-state index contributed by atoms with van der Waals surface area (Å²) in [5, 5.41) is 7.42. The normalized spacial score (nSPS) is 14.6. The predicted octanol–water partition coefficient (Wildman–Crippen LogP) is 5.48. The van der Waals surface area contributed by atoms with Crippen LogP contribution in [0.5, 0.6) is 5.75 Å². The molecule has 4 aromatic rings. The highest BCUT2D eigenvalue weighted by Gasteiger charge is 2.28. The number of amides is 2. The van der Waals surface area contributed by atoms with Crippen molar-refractivity contribution in [3.63, 3.8) is 0 Å². The third-order valence-corrected chi connectivity index (χ3v) is 9.47. The molecule has 5 rings (SSSR count). The van der Waals surface area contributed by atoms with Gasteiger partial charge < -0.3 is 14.8 Å². The summed E-state index contributed by atoms with van der Waals surface area (Å²) < 4.78 is 40.2. The number of hydrazone groups is 1. The molecule has 2 amide bonds. The molecule has 0 unspecified atom stereocenters. The molecule has 244 valence electrons. The standard InChI is InChI=1S/C35H35ClN4O6S/c1-25-8-18-31(19-9-25)47(43,44)40(23-27-10-14-28(36)15-11-27)33-7-3-2-6-32(33)35(42)39-38-21-26-12-16-29(17-13-26)46-24-34(41)37-22-30-5-4-20-45-30/h2-3,6-19,21,30H,4-5,20,22-24H2,1H3,(H,37,41)(H,39,42)/b38-21-/t30-/m1/s1. The van der Waals surface area contributed by atoms with Crippen LogP contribution in [-0.4, -0.2) is 52.3 Å². The van der Waals surface area contributed by atoms with Crippen molar-refractivity contribution in [1.29, 1.82) is 0 Å². The number of ether oxygens (including phenoxy) is 2. The molecule has 4 aromatic carbocycles. The van der Waals surface area contributed by atoms with Crippen molar-refractivity contribution < 1.29 is 27.5 Å². The van der Waals surface area contributed by atoms with Gasteiger partial charge in [0.25, 0.3) is 21.8 Å². The number of benzene rings is 4. The first kappa shape index (κ1) is 33.6. The van der Waals surface area contributed by atoms with Crippen molar-refractivity contribution in [2.24, 2.45) is 5.10 Å². The Bertz CT molecular complexity index is 1810. The average molecular weight is 675 g/mol. The molecular weight excluding hydrogens is 640 g/mol. The zero-order chi connectivity index (χ0) is 33.2. The van der Waals surface area contributed by atoms with E-state index in [1.54, 1.807) is 97.1 Å². The number of sulfonamides is 1. The van der Waals surface area contributed by atoms with E-state index in [0.29, 0.717) is 28.4 Å². The van der Waals surface area contributed by atoms with E-state index >= 15 is 0 Å². The van der Waals surface area contributed by atoms with Crippen molar-refractivity contribution in [3.8, 4) is 5.75 Å². The smallest absolute Gasteiger partial charge is 0.273 e. The molecule has 1 heterocycles. The molecule has 0 aromatic heterocycles. The van der Waals surface area contributed by atoms with Crippen LogP contribution in [-0.2, 0) is 26.1 Å². The molecule has 1 aliphatic rings. The summed E-state index contributed by atoms with van der Waals surface area (Å²) in [5.41, 5.74) is 5.08. The molecular formula is C35H35ClN4O6S. The molecule has 2 N–H and O–H groups in total. The van der Waals surface area contributed by atoms with Crippen LogP contribution in [0.1, 0.15) is 39.9 Å². The Kier molecular flexibility index (Phi) is 11.3. The van der Waals surface area contributed by atoms with Gasteiger partial charge in [0, 0.05) is 18.2 Å². The lowest BCUT2D eigenvalue weighted by atomic mass is 10.1. The number of carbonyl (C=O) groups is 2. The summed E-state index contributed by atoms with van der Waals surface area (Å²) in [4.78, 5) is 25.5. The first-order valence-electron chi connectivity index (χ1n) is 15.1. The molecule has 1 atom stereocenters. The summed E-state index contributed by atoms with van der Waals surface area (Å²) in [7, 11) is -4.08. The molecule has 0 bridgehead atoms. The minimum atomic E-state index is -4.08. The minimum absolute atomic E-state index is 0.0358.